The summed E-state index contributed by atoms with van der Waals surface area (Å²) in [5.41, 5.74) is -1.53. The van der Waals surface area contributed by atoms with Crippen molar-refractivity contribution in [2.45, 2.75) is 26.3 Å². The minimum absolute atomic E-state index is 0.153. The Balaban J connectivity index is 3.00. The summed E-state index contributed by atoms with van der Waals surface area (Å²) in [5, 5.41) is 18.9. The molecule has 0 atom stereocenters. The number of hydrogen-bond acceptors (Lipinski definition) is 4. The van der Waals surface area contributed by atoms with E-state index in [1.165, 1.54) is 0 Å². The van der Waals surface area contributed by atoms with Gasteiger partial charge in [-0.3, -0.25) is 9.36 Å². The van der Waals surface area contributed by atoms with Gasteiger partial charge in [0, 0.05) is 11.6 Å². The Morgan fingerprint density at radius 1 is 1.11 bits per heavy atom. The van der Waals surface area contributed by atoms with Crippen molar-refractivity contribution in [2.75, 3.05) is 0 Å². The summed E-state index contributed by atoms with van der Waals surface area (Å²) < 4.78 is 1.08. The van der Waals surface area contributed by atoms with Crippen molar-refractivity contribution >= 4 is 10.9 Å². The Bertz CT molecular complexity index is 735. The standard InChI is InChI=1S/C12H14N2O4/c1-12(2,3)14-10(17)6-4-8(15)9(16)5-7(6)13-11(14)18/h4-5,15-16H,1-3H3,(H,13,18). The molecular formula is C12H14N2O4. The Morgan fingerprint density at radius 3 is 2.22 bits per heavy atom. The van der Waals surface area contributed by atoms with Crippen molar-refractivity contribution in [1.29, 1.82) is 0 Å². The van der Waals surface area contributed by atoms with Crippen LogP contribution in [0.5, 0.6) is 11.5 Å². The molecule has 0 unspecified atom stereocenters. The molecule has 6 nitrogen and oxygen atoms in total. The molecule has 6 heteroatoms. The molecule has 0 bridgehead atoms. The van der Waals surface area contributed by atoms with Crippen molar-refractivity contribution in [2.24, 2.45) is 0 Å². The fourth-order valence-electron chi connectivity index (χ4n) is 1.85. The topological polar surface area (TPSA) is 95.3 Å². The van der Waals surface area contributed by atoms with Crippen molar-refractivity contribution < 1.29 is 10.2 Å². The molecule has 0 aliphatic rings. The second-order valence-electron chi connectivity index (χ2n) is 5.13. The van der Waals surface area contributed by atoms with Gasteiger partial charge >= 0.3 is 5.69 Å². The Morgan fingerprint density at radius 2 is 1.67 bits per heavy atom. The number of hydrogen-bond donors (Lipinski definition) is 3. The maximum absolute atomic E-state index is 12.2. The Hall–Kier alpha value is -2.24. The van der Waals surface area contributed by atoms with E-state index in [0.717, 1.165) is 16.7 Å². The maximum Gasteiger partial charge on any atom is 0.329 e. The molecule has 0 aliphatic heterocycles. The highest BCUT2D eigenvalue weighted by Crippen LogP contribution is 2.27. The molecule has 0 amide bonds. The summed E-state index contributed by atoms with van der Waals surface area (Å²) in [4.78, 5) is 26.6. The summed E-state index contributed by atoms with van der Waals surface area (Å²) >= 11 is 0. The molecule has 96 valence electrons. The summed E-state index contributed by atoms with van der Waals surface area (Å²) in [7, 11) is 0. The van der Waals surface area contributed by atoms with E-state index >= 15 is 0 Å². The average Bonchev–Trinajstić information content (AvgIpc) is 2.19. The third kappa shape index (κ3) is 1.75. The van der Waals surface area contributed by atoms with E-state index in [2.05, 4.69) is 4.98 Å². The molecule has 0 spiro atoms. The lowest BCUT2D eigenvalue weighted by Crippen LogP contribution is -2.44. The van der Waals surface area contributed by atoms with Crippen LogP contribution in [0, 0.1) is 0 Å². The van der Waals surface area contributed by atoms with Gasteiger partial charge in [-0.15, -0.1) is 0 Å². The predicted molar refractivity (Wildman–Crippen MR) is 67.2 cm³/mol. The number of H-pyrrole nitrogens is 1. The van der Waals surface area contributed by atoms with Gasteiger partial charge in [0.1, 0.15) is 0 Å². The number of aromatic hydroxyl groups is 2. The number of phenolic OH excluding ortho intramolecular Hbond substituents is 2. The van der Waals surface area contributed by atoms with Crippen LogP contribution < -0.4 is 11.2 Å². The number of nitrogens with one attached hydrogen (secondary N) is 1. The van der Waals surface area contributed by atoms with E-state index in [9.17, 15) is 19.8 Å². The zero-order valence-corrected chi connectivity index (χ0v) is 10.3. The van der Waals surface area contributed by atoms with Crippen LogP contribution in [0.25, 0.3) is 10.9 Å². The van der Waals surface area contributed by atoms with E-state index in [-0.39, 0.29) is 16.7 Å². The van der Waals surface area contributed by atoms with Crippen LogP contribution in [0.15, 0.2) is 21.7 Å². The number of rotatable bonds is 0. The van der Waals surface area contributed by atoms with Crippen LogP contribution >= 0.6 is 0 Å². The van der Waals surface area contributed by atoms with Crippen LogP contribution in [-0.4, -0.2) is 19.8 Å². The fourth-order valence-corrected chi connectivity index (χ4v) is 1.85. The van der Waals surface area contributed by atoms with Crippen LogP contribution in [0.1, 0.15) is 20.8 Å². The highest BCUT2D eigenvalue weighted by atomic mass is 16.3. The number of nitrogens with zero attached hydrogens (tertiary/aromatic N) is 1. The summed E-state index contributed by atoms with van der Waals surface area (Å²) in [6.07, 6.45) is 0. The molecule has 2 rings (SSSR count). The van der Waals surface area contributed by atoms with Crippen LogP contribution in [0.4, 0.5) is 0 Å². The number of aromatic nitrogens is 2. The molecule has 3 N–H and O–H groups in total. The minimum Gasteiger partial charge on any atom is -0.504 e. The number of phenols is 2. The summed E-state index contributed by atoms with van der Waals surface area (Å²) in [6.45, 7) is 5.20. The quantitative estimate of drug-likeness (QED) is 0.604. The lowest BCUT2D eigenvalue weighted by atomic mass is 10.1. The first-order valence-electron chi connectivity index (χ1n) is 5.43. The van der Waals surface area contributed by atoms with E-state index in [1.807, 2.05) is 0 Å². The predicted octanol–water partition coefficient (Wildman–Crippen LogP) is 0.856. The second kappa shape index (κ2) is 3.63. The fraction of sp³-hybridized carbons (Fsp3) is 0.333. The molecule has 0 saturated carbocycles. The zero-order chi connectivity index (χ0) is 13.7. The highest BCUT2D eigenvalue weighted by Gasteiger charge is 2.20. The molecule has 0 saturated heterocycles. The number of fused-ring (bicyclic) bond motifs is 1. The Kier molecular flexibility index (Phi) is 2.46. The normalized spacial score (nSPS) is 11.9. The van der Waals surface area contributed by atoms with Gasteiger partial charge in [-0.25, -0.2) is 4.79 Å². The number of benzene rings is 1. The first-order chi connectivity index (χ1) is 8.21. The molecule has 0 aliphatic carbocycles. The van der Waals surface area contributed by atoms with Gasteiger partial charge < -0.3 is 15.2 Å². The number of aromatic amines is 1. The van der Waals surface area contributed by atoms with Crippen LogP contribution in [0.3, 0.4) is 0 Å². The van der Waals surface area contributed by atoms with E-state index in [4.69, 9.17) is 0 Å². The maximum atomic E-state index is 12.2. The van der Waals surface area contributed by atoms with Gasteiger partial charge in [0.25, 0.3) is 5.56 Å². The largest absolute Gasteiger partial charge is 0.504 e. The van der Waals surface area contributed by atoms with Gasteiger partial charge in [-0.1, -0.05) is 0 Å². The Labute approximate surface area is 102 Å². The molecule has 0 fully saturated rings. The highest BCUT2D eigenvalue weighted by molar-refractivity contribution is 5.81. The lowest BCUT2D eigenvalue weighted by molar-refractivity contribution is 0.369. The van der Waals surface area contributed by atoms with Crippen molar-refractivity contribution in [3.8, 4) is 11.5 Å². The first kappa shape index (κ1) is 12.2. The lowest BCUT2D eigenvalue weighted by Gasteiger charge is -2.21. The molecule has 1 heterocycles. The van der Waals surface area contributed by atoms with Gasteiger partial charge in [0.15, 0.2) is 11.5 Å². The van der Waals surface area contributed by atoms with Gasteiger partial charge in [0.05, 0.1) is 10.9 Å². The van der Waals surface area contributed by atoms with Crippen molar-refractivity contribution in [1.82, 2.24) is 9.55 Å². The molecule has 1 aromatic carbocycles. The van der Waals surface area contributed by atoms with Crippen molar-refractivity contribution in [3.05, 3.63) is 33.0 Å². The SMILES string of the molecule is CC(C)(C)n1c(=O)[nH]c2cc(O)c(O)cc2c1=O. The van der Waals surface area contributed by atoms with Gasteiger partial charge in [-0.2, -0.15) is 0 Å². The van der Waals surface area contributed by atoms with E-state index in [1.54, 1.807) is 20.8 Å². The first-order valence-corrected chi connectivity index (χ1v) is 5.43. The average molecular weight is 250 g/mol. The zero-order valence-electron chi connectivity index (χ0n) is 10.3. The third-order valence-corrected chi connectivity index (χ3v) is 2.66. The summed E-state index contributed by atoms with van der Waals surface area (Å²) in [6, 6.07) is 2.30. The van der Waals surface area contributed by atoms with E-state index < -0.39 is 22.5 Å². The van der Waals surface area contributed by atoms with Crippen LogP contribution in [-0.2, 0) is 5.54 Å². The second-order valence-corrected chi connectivity index (χ2v) is 5.13. The van der Waals surface area contributed by atoms with E-state index in [0.29, 0.717) is 0 Å². The summed E-state index contributed by atoms with van der Waals surface area (Å²) in [5.74, 6) is -0.779. The molecule has 2 aromatic rings. The van der Waals surface area contributed by atoms with Gasteiger partial charge in [0.2, 0.25) is 0 Å². The molecule has 0 radical (unpaired) electrons. The van der Waals surface area contributed by atoms with Gasteiger partial charge in [-0.05, 0) is 26.8 Å². The molecule has 1 aromatic heterocycles. The van der Waals surface area contributed by atoms with Crippen LogP contribution in [0.2, 0.25) is 0 Å². The molecular weight excluding hydrogens is 236 g/mol. The molecule has 18 heavy (non-hydrogen) atoms. The van der Waals surface area contributed by atoms with Crippen molar-refractivity contribution in [3.63, 3.8) is 0 Å². The monoisotopic (exact) mass is 250 g/mol. The smallest absolute Gasteiger partial charge is 0.329 e. The minimum atomic E-state index is -0.674. The third-order valence-electron chi connectivity index (χ3n) is 2.66.